The quantitative estimate of drug-likeness (QED) is 0.796. The minimum Gasteiger partial charge on any atom is -0.444 e. The first-order valence-electron chi connectivity index (χ1n) is 7.34. The third kappa shape index (κ3) is 3.25. The summed E-state index contributed by atoms with van der Waals surface area (Å²) in [4.78, 5) is 27.4. The average Bonchev–Trinajstić information content (AvgIpc) is 2.92. The third-order valence-corrected chi connectivity index (χ3v) is 3.42. The van der Waals surface area contributed by atoms with Crippen LogP contribution in [0.3, 0.4) is 0 Å². The van der Waals surface area contributed by atoms with Crippen molar-refractivity contribution in [2.45, 2.75) is 26.4 Å². The summed E-state index contributed by atoms with van der Waals surface area (Å²) in [5.74, 6) is -0.169. The van der Waals surface area contributed by atoms with Crippen molar-refractivity contribution in [1.29, 1.82) is 0 Å². The van der Waals surface area contributed by atoms with Crippen molar-refractivity contribution >= 4 is 28.7 Å². The number of aromatic nitrogens is 2. The van der Waals surface area contributed by atoms with Crippen LogP contribution in [0.15, 0.2) is 22.8 Å². The smallest absolute Gasteiger partial charge is 0.410 e. The summed E-state index contributed by atoms with van der Waals surface area (Å²) in [6, 6.07) is 5.27. The molecule has 1 saturated heterocycles. The number of carbonyl (C=O) groups is 2. The standard InChI is InChI=1S/C15H18N4O4/c1-15(2,3)22-14(21)18-6-7-19(13(20)9-18)10-4-5-11-12(8-10)17-23-16-11/h4-5,8H,6-7,9H2,1-3H3. The summed E-state index contributed by atoms with van der Waals surface area (Å²) in [5.41, 5.74) is 1.35. The average molecular weight is 318 g/mol. The summed E-state index contributed by atoms with van der Waals surface area (Å²) >= 11 is 0. The molecule has 1 aliphatic heterocycles. The number of nitrogens with zero attached hydrogens (tertiary/aromatic N) is 4. The number of rotatable bonds is 1. The Hall–Kier alpha value is -2.64. The number of hydrogen-bond acceptors (Lipinski definition) is 6. The van der Waals surface area contributed by atoms with Gasteiger partial charge in [0.05, 0.1) is 0 Å². The Kier molecular flexibility index (Phi) is 3.67. The first-order chi connectivity index (χ1) is 10.8. The zero-order valence-electron chi connectivity index (χ0n) is 13.3. The molecule has 0 radical (unpaired) electrons. The van der Waals surface area contributed by atoms with Crippen LogP contribution < -0.4 is 4.90 Å². The molecule has 8 heteroatoms. The molecule has 122 valence electrons. The van der Waals surface area contributed by atoms with E-state index in [-0.39, 0.29) is 12.5 Å². The third-order valence-electron chi connectivity index (χ3n) is 3.42. The summed E-state index contributed by atoms with van der Waals surface area (Å²) in [6.07, 6.45) is -0.471. The van der Waals surface area contributed by atoms with E-state index in [9.17, 15) is 9.59 Å². The van der Waals surface area contributed by atoms with Gasteiger partial charge in [-0.15, -0.1) is 0 Å². The Morgan fingerprint density at radius 3 is 2.65 bits per heavy atom. The molecule has 0 aliphatic carbocycles. The van der Waals surface area contributed by atoms with Crippen molar-refractivity contribution in [3.05, 3.63) is 18.2 Å². The number of fused-ring (bicyclic) bond motifs is 1. The second-order valence-electron chi connectivity index (χ2n) is 6.38. The maximum absolute atomic E-state index is 12.4. The van der Waals surface area contributed by atoms with Crippen molar-refractivity contribution in [1.82, 2.24) is 15.2 Å². The van der Waals surface area contributed by atoms with Crippen LogP contribution in [0.1, 0.15) is 20.8 Å². The fourth-order valence-electron chi connectivity index (χ4n) is 2.37. The highest BCUT2D eigenvalue weighted by molar-refractivity contribution is 5.98. The van der Waals surface area contributed by atoms with Gasteiger partial charge in [0.2, 0.25) is 5.91 Å². The molecule has 2 aromatic rings. The number of hydrogen-bond donors (Lipinski definition) is 0. The lowest BCUT2D eigenvalue weighted by Crippen LogP contribution is -2.53. The highest BCUT2D eigenvalue weighted by Gasteiger charge is 2.31. The van der Waals surface area contributed by atoms with E-state index in [4.69, 9.17) is 4.74 Å². The summed E-state index contributed by atoms with van der Waals surface area (Å²) < 4.78 is 9.96. The van der Waals surface area contributed by atoms with Crippen molar-refractivity contribution in [3.63, 3.8) is 0 Å². The van der Waals surface area contributed by atoms with E-state index in [2.05, 4.69) is 14.9 Å². The molecule has 0 spiro atoms. The van der Waals surface area contributed by atoms with E-state index in [0.29, 0.717) is 29.8 Å². The van der Waals surface area contributed by atoms with Crippen LogP contribution in [0, 0.1) is 0 Å². The lowest BCUT2D eigenvalue weighted by molar-refractivity contribution is -0.121. The molecule has 3 rings (SSSR count). The van der Waals surface area contributed by atoms with Crippen molar-refractivity contribution in [2.75, 3.05) is 24.5 Å². The molecule has 0 saturated carbocycles. The Bertz CT molecular complexity index is 749. The molecule has 8 nitrogen and oxygen atoms in total. The largest absolute Gasteiger partial charge is 0.444 e. The van der Waals surface area contributed by atoms with E-state index < -0.39 is 11.7 Å². The van der Waals surface area contributed by atoms with E-state index in [1.165, 1.54) is 4.90 Å². The first-order valence-corrected chi connectivity index (χ1v) is 7.34. The second-order valence-corrected chi connectivity index (χ2v) is 6.38. The molecule has 0 unspecified atom stereocenters. The van der Waals surface area contributed by atoms with E-state index in [0.717, 1.165) is 0 Å². The zero-order chi connectivity index (χ0) is 16.6. The fourth-order valence-corrected chi connectivity index (χ4v) is 2.37. The van der Waals surface area contributed by atoms with Gasteiger partial charge in [-0.25, -0.2) is 9.42 Å². The molecule has 1 aromatic carbocycles. The topological polar surface area (TPSA) is 88.8 Å². The maximum atomic E-state index is 12.4. The number of anilines is 1. The maximum Gasteiger partial charge on any atom is 0.410 e. The molecule has 2 heterocycles. The summed E-state index contributed by atoms with van der Waals surface area (Å²) in [5, 5.41) is 7.51. The molecular weight excluding hydrogens is 300 g/mol. The number of carbonyl (C=O) groups excluding carboxylic acids is 2. The molecule has 1 fully saturated rings. The number of benzene rings is 1. The Balaban J connectivity index is 1.71. The predicted molar refractivity (Wildman–Crippen MR) is 82.0 cm³/mol. The van der Waals surface area contributed by atoms with Crippen LogP contribution in [0.25, 0.3) is 11.0 Å². The van der Waals surface area contributed by atoms with Crippen LogP contribution in [0.5, 0.6) is 0 Å². The van der Waals surface area contributed by atoms with Crippen molar-refractivity contribution < 1.29 is 19.0 Å². The molecule has 23 heavy (non-hydrogen) atoms. The molecule has 1 aromatic heterocycles. The molecule has 0 bridgehead atoms. The van der Waals surface area contributed by atoms with Crippen LogP contribution in [0.2, 0.25) is 0 Å². The van der Waals surface area contributed by atoms with Crippen LogP contribution in [-0.4, -0.2) is 52.4 Å². The van der Waals surface area contributed by atoms with Gasteiger partial charge in [-0.1, -0.05) is 0 Å². The van der Waals surface area contributed by atoms with Gasteiger partial charge in [-0.3, -0.25) is 9.69 Å². The van der Waals surface area contributed by atoms with Gasteiger partial charge in [0.15, 0.2) is 0 Å². The van der Waals surface area contributed by atoms with Gasteiger partial charge >= 0.3 is 6.09 Å². The highest BCUT2D eigenvalue weighted by Crippen LogP contribution is 2.22. The van der Waals surface area contributed by atoms with Gasteiger partial charge in [0, 0.05) is 18.8 Å². The summed E-state index contributed by atoms with van der Waals surface area (Å²) in [7, 11) is 0. The first kappa shape index (κ1) is 15.3. The van der Waals surface area contributed by atoms with E-state index >= 15 is 0 Å². The minimum atomic E-state index is -0.581. The van der Waals surface area contributed by atoms with Gasteiger partial charge < -0.3 is 9.64 Å². The Labute approximate surface area is 132 Å². The van der Waals surface area contributed by atoms with Crippen LogP contribution in [0.4, 0.5) is 10.5 Å². The predicted octanol–water partition coefficient (Wildman–Crippen LogP) is 1.81. The van der Waals surface area contributed by atoms with Crippen molar-refractivity contribution in [3.8, 4) is 0 Å². The zero-order valence-corrected chi connectivity index (χ0v) is 13.3. The van der Waals surface area contributed by atoms with Gasteiger partial charge in [0.25, 0.3) is 0 Å². The van der Waals surface area contributed by atoms with E-state index in [1.54, 1.807) is 43.9 Å². The molecule has 0 N–H and O–H groups in total. The lowest BCUT2D eigenvalue weighted by atomic mass is 10.2. The van der Waals surface area contributed by atoms with Gasteiger partial charge in [-0.05, 0) is 49.3 Å². The Morgan fingerprint density at radius 2 is 1.96 bits per heavy atom. The van der Waals surface area contributed by atoms with Crippen molar-refractivity contribution in [2.24, 2.45) is 0 Å². The highest BCUT2D eigenvalue weighted by atomic mass is 16.6. The Morgan fingerprint density at radius 1 is 1.22 bits per heavy atom. The molecule has 1 aliphatic rings. The van der Waals surface area contributed by atoms with Crippen LogP contribution >= 0.6 is 0 Å². The summed E-state index contributed by atoms with van der Waals surface area (Å²) in [6.45, 7) is 6.19. The van der Waals surface area contributed by atoms with Gasteiger partial charge in [0.1, 0.15) is 23.2 Å². The fraction of sp³-hybridized carbons (Fsp3) is 0.467. The molecular formula is C15H18N4O4. The minimum absolute atomic E-state index is 0.00990. The number of amides is 2. The van der Waals surface area contributed by atoms with Gasteiger partial charge in [-0.2, -0.15) is 0 Å². The normalized spacial score (nSPS) is 16.0. The van der Waals surface area contributed by atoms with E-state index in [1.807, 2.05) is 0 Å². The lowest BCUT2D eigenvalue weighted by Gasteiger charge is -2.35. The second kappa shape index (κ2) is 5.53. The number of piperazine rings is 1. The molecule has 0 atom stereocenters. The molecule has 2 amide bonds. The SMILES string of the molecule is CC(C)(C)OC(=O)N1CCN(c2ccc3nonc3c2)C(=O)C1. The van der Waals surface area contributed by atoms with Crippen LogP contribution in [-0.2, 0) is 9.53 Å². The number of ether oxygens (including phenoxy) is 1. The monoisotopic (exact) mass is 318 g/mol.